The third kappa shape index (κ3) is 5.48. The number of rotatable bonds is 8. The van der Waals surface area contributed by atoms with Crippen LogP contribution in [0.3, 0.4) is 0 Å². The standard InChI is InChI=1S/C14H21BrN2O3/c1-10(16-2)12-8-11(15)4-5-13(12)20-9-14(18)17-6-7-19-3/h4-5,8,10,16H,6-7,9H2,1-3H3,(H,17,18). The lowest BCUT2D eigenvalue weighted by molar-refractivity contribution is -0.123. The molecular weight excluding hydrogens is 324 g/mol. The summed E-state index contributed by atoms with van der Waals surface area (Å²) in [5.41, 5.74) is 1.01. The minimum atomic E-state index is -0.159. The van der Waals surface area contributed by atoms with E-state index in [9.17, 15) is 4.79 Å². The first-order valence-electron chi connectivity index (χ1n) is 6.43. The van der Waals surface area contributed by atoms with Crippen LogP contribution in [0.4, 0.5) is 0 Å². The van der Waals surface area contributed by atoms with Crippen LogP contribution in [-0.4, -0.2) is 39.8 Å². The number of halogens is 1. The number of hydrogen-bond acceptors (Lipinski definition) is 4. The molecule has 5 nitrogen and oxygen atoms in total. The van der Waals surface area contributed by atoms with Crippen molar-refractivity contribution in [2.75, 3.05) is 33.9 Å². The van der Waals surface area contributed by atoms with Gasteiger partial charge in [-0.1, -0.05) is 15.9 Å². The third-order valence-electron chi connectivity index (χ3n) is 2.86. The minimum absolute atomic E-state index is 0.00518. The first-order chi connectivity index (χ1) is 9.58. The highest BCUT2D eigenvalue weighted by Crippen LogP contribution is 2.28. The van der Waals surface area contributed by atoms with Crippen LogP contribution >= 0.6 is 15.9 Å². The molecule has 0 aliphatic heterocycles. The van der Waals surface area contributed by atoms with E-state index in [0.29, 0.717) is 18.9 Å². The van der Waals surface area contributed by atoms with Crippen molar-refractivity contribution in [3.63, 3.8) is 0 Å². The van der Waals surface area contributed by atoms with Crippen LogP contribution in [-0.2, 0) is 9.53 Å². The summed E-state index contributed by atoms with van der Waals surface area (Å²) in [6, 6.07) is 5.87. The molecule has 2 N–H and O–H groups in total. The predicted molar refractivity (Wildman–Crippen MR) is 82.0 cm³/mol. The van der Waals surface area contributed by atoms with Crippen LogP contribution in [0.15, 0.2) is 22.7 Å². The van der Waals surface area contributed by atoms with E-state index in [1.54, 1.807) is 7.11 Å². The van der Waals surface area contributed by atoms with Gasteiger partial charge in [0, 0.05) is 29.7 Å². The zero-order valence-electron chi connectivity index (χ0n) is 12.0. The molecule has 20 heavy (non-hydrogen) atoms. The molecule has 0 saturated carbocycles. The second-order valence-electron chi connectivity index (χ2n) is 4.32. The molecule has 0 radical (unpaired) electrons. The summed E-state index contributed by atoms with van der Waals surface area (Å²) in [7, 11) is 3.47. The summed E-state index contributed by atoms with van der Waals surface area (Å²) < 4.78 is 11.4. The molecule has 1 amide bonds. The second-order valence-corrected chi connectivity index (χ2v) is 5.24. The normalized spacial score (nSPS) is 12.0. The van der Waals surface area contributed by atoms with Crippen LogP contribution < -0.4 is 15.4 Å². The molecule has 0 spiro atoms. The Morgan fingerprint density at radius 2 is 2.20 bits per heavy atom. The Morgan fingerprint density at radius 1 is 1.45 bits per heavy atom. The Labute approximate surface area is 128 Å². The van der Waals surface area contributed by atoms with Gasteiger partial charge < -0.3 is 20.1 Å². The average Bonchev–Trinajstić information content (AvgIpc) is 2.45. The summed E-state index contributed by atoms with van der Waals surface area (Å²) >= 11 is 3.44. The Morgan fingerprint density at radius 3 is 2.85 bits per heavy atom. The number of nitrogens with one attached hydrogen (secondary N) is 2. The molecule has 1 aromatic carbocycles. The van der Waals surface area contributed by atoms with E-state index < -0.39 is 0 Å². The summed E-state index contributed by atoms with van der Waals surface area (Å²) in [6.07, 6.45) is 0. The first kappa shape index (κ1) is 16.9. The lowest BCUT2D eigenvalue weighted by atomic mass is 10.1. The number of methoxy groups -OCH3 is 1. The highest BCUT2D eigenvalue weighted by atomic mass is 79.9. The molecule has 1 atom stereocenters. The van der Waals surface area contributed by atoms with E-state index in [2.05, 4.69) is 26.6 Å². The maximum absolute atomic E-state index is 11.6. The van der Waals surface area contributed by atoms with Gasteiger partial charge in [-0.25, -0.2) is 0 Å². The Balaban J connectivity index is 2.61. The van der Waals surface area contributed by atoms with Crippen molar-refractivity contribution in [2.45, 2.75) is 13.0 Å². The molecular formula is C14H21BrN2O3. The maximum Gasteiger partial charge on any atom is 0.258 e. The Kier molecular flexibility index (Phi) is 7.58. The number of ether oxygens (including phenoxy) is 2. The number of carbonyl (C=O) groups is 1. The fraction of sp³-hybridized carbons (Fsp3) is 0.500. The first-order valence-corrected chi connectivity index (χ1v) is 7.23. The smallest absolute Gasteiger partial charge is 0.258 e. The summed E-state index contributed by atoms with van der Waals surface area (Å²) in [5, 5.41) is 5.87. The van der Waals surface area contributed by atoms with Gasteiger partial charge in [0.05, 0.1) is 6.61 Å². The lowest BCUT2D eigenvalue weighted by Gasteiger charge is -2.17. The molecule has 1 aromatic rings. The highest BCUT2D eigenvalue weighted by Gasteiger charge is 2.12. The quantitative estimate of drug-likeness (QED) is 0.707. The van der Waals surface area contributed by atoms with E-state index in [1.807, 2.05) is 32.2 Å². The molecule has 0 saturated heterocycles. The molecule has 0 aromatic heterocycles. The molecule has 0 heterocycles. The van der Waals surface area contributed by atoms with E-state index in [-0.39, 0.29) is 18.6 Å². The molecule has 112 valence electrons. The second kappa shape index (κ2) is 8.94. The summed E-state index contributed by atoms with van der Waals surface area (Å²) in [6.45, 7) is 3.01. The highest BCUT2D eigenvalue weighted by molar-refractivity contribution is 9.10. The fourth-order valence-corrected chi connectivity index (χ4v) is 2.01. The number of hydrogen-bond donors (Lipinski definition) is 2. The van der Waals surface area contributed by atoms with Crippen molar-refractivity contribution in [1.82, 2.24) is 10.6 Å². The monoisotopic (exact) mass is 344 g/mol. The van der Waals surface area contributed by atoms with Gasteiger partial charge in [-0.05, 0) is 32.2 Å². The van der Waals surface area contributed by atoms with Crippen LogP contribution in [0.1, 0.15) is 18.5 Å². The van der Waals surface area contributed by atoms with Gasteiger partial charge in [-0.3, -0.25) is 4.79 Å². The largest absolute Gasteiger partial charge is 0.483 e. The van der Waals surface area contributed by atoms with Gasteiger partial charge in [0.1, 0.15) is 5.75 Å². The van der Waals surface area contributed by atoms with Crippen molar-refractivity contribution < 1.29 is 14.3 Å². The Bertz CT molecular complexity index is 440. The van der Waals surface area contributed by atoms with E-state index in [4.69, 9.17) is 9.47 Å². The molecule has 0 fully saturated rings. The Hall–Kier alpha value is -1.11. The molecule has 6 heteroatoms. The average molecular weight is 345 g/mol. The van der Waals surface area contributed by atoms with Gasteiger partial charge in [-0.15, -0.1) is 0 Å². The predicted octanol–water partition coefficient (Wildman–Crippen LogP) is 1.87. The number of amides is 1. The molecule has 0 aliphatic rings. The zero-order valence-corrected chi connectivity index (χ0v) is 13.6. The number of carbonyl (C=O) groups excluding carboxylic acids is 1. The van der Waals surface area contributed by atoms with Crippen LogP contribution in [0.25, 0.3) is 0 Å². The zero-order chi connectivity index (χ0) is 15.0. The van der Waals surface area contributed by atoms with Crippen molar-refractivity contribution in [1.29, 1.82) is 0 Å². The van der Waals surface area contributed by atoms with Gasteiger partial charge in [0.15, 0.2) is 6.61 Å². The van der Waals surface area contributed by atoms with Crippen molar-refractivity contribution >= 4 is 21.8 Å². The minimum Gasteiger partial charge on any atom is -0.483 e. The number of benzene rings is 1. The van der Waals surface area contributed by atoms with Crippen LogP contribution in [0.5, 0.6) is 5.75 Å². The van der Waals surface area contributed by atoms with Gasteiger partial charge >= 0.3 is 0 Å². The van der Waals surface area contributed by atoms with Gasteiger partial charge in [0.25, 0.3) is 5.91 Å². The SMILES string of the molecule is CNC(C)c1cc(Br)ccc1OCC(=O)NCCOC. The lowest BCUT2D eigenvalue weighted by Crippen LogP contribution is -2.31. The van der Waals surface area contributed by atoms with Crippen molar-refractivity contribution in [3.05, 3.63) is 28.2 Å². The summed E-state index contributed by atoms with van der Waals surface area (Å²) in [5.74, 6) is 0.546. The summed E-state index contributed by atoms with van der Waals surface area (Å²) in [4.78, 5) is 11.6. The topological polar surface area (TPSA) is 59.6 Å². The van der Waals surface area contributed by atoms with Gasteiger partial charge in [-0.2, -0.15) is 0 Å². The van der Waals surface area contributed by atoms with Crippen molar-refractivity contribution in [2.24, 2.45) is 0 Å². The van der Waals surface area contributed by atoms with Gasteiger partial charge in [0.2, 0.25) is 0 Å². The molecule has 0 bridgehead atoms. The fourth-order valence-electron chi connectivity index (χ4n) is 1.63. The van der Waals surface area contributed by atoms with Crippen LogP contribution in [0.2, 0.25) is 0 Å². The maximum atomic E-state index is 11.6. The van der Waals surface area contributed by atoms with E-state index in [1.165, 1.54) is 0 Å². The molecule has 0 aliphatic carbocycles. The van der Waals surface area contributed by atoms with Crippen LogP contribution in [0, 0.1) is 0 Å². The van der Waals surface area contributed by atoms with Crippen molar-refractivity contribution in [3.8, 4) is 5.75 Å². The molecule has 1 rings (SSSR count). The van der Waals surface area contributed by atoms with E-state index in [0.717, 1.165) is 10.0 Å². The molecule has 1 unspecified atom stereocenters. The van der Waals surface area contributed by atoms with E-state index >= 15 is 0 Å². The third-order valence-corrected chi connectivity index (χ3v) is 3.35.